The van der Waals surface area contributed by atoms with Gasteiger partial charge in [-0.15, -0.1) is 0 Å². The van der Waals surface area contributed by atoms with Crippen molar-refractivity contribution < 1.29 is 22.7 Å². The van der Waals surface area contributed by atoms with Crippen LogP contribution in [0.1, 0.15) is 44.9 Å². The van der Waals surface area contributed by atoms with Gasteiger partial charge in [0, 0.05) is 56.2 Å². The highest BCUT2D eigenvalue weighted by Gasteiger charge is 2.32. The van der Waals surface area contributed by atoms with Gasteiger partial charge in [0.1, 0.15) is 21.4 Å². The Morgan fingerprint density at radius 1 is 1.12 bits per heavy atom. The molecule has 2 aliphatic rings. The highest BCUT2D eigenvalue weighted by molar-refractivity contribution is 7.90. The number of methoxy groups -OCH3 is 1. The summed E-state index contributed by atoms with van der Waals surface area (Å²) in [6, 6.07) is 9.88. The first-order valence-corrected chi connectivity index (χ1v) is 16.2. The minimum absolute atomic E-state index is 0.0786. The van der Waals surface area contributed by atoms with Crippen molar-refractivity contribution in [1.82, 2.24) is 19.4 Å². The van der Waals surface area contributed by atoms with Gasteiger partial charge in [-0.25, -0.2) is 13.4 Å². The molecule has 1 saturated heterocycles. The molecule has 2 fully saturated rings. The van der Waals surface area contributed by atoms with Crippen LogP contribution in [0.2, 0.25) is 0 Å². The van der Waals surface area contributed by atoms with Crippen molar-refractivity contribution >= 4 is 32.6 Å². The average molecular weight is 570 g/mol. The molecule has 1 saturated carbocycles. The first-order chi connectivity index (χ1) is 19.3. The maximum absolute atomic E-state index is 13.1. The highest BCUT2D eigenvalue weighted by Crippen LogP contribution is 2.30. The number of carbonyl (C=O) groups excluding carboxylic acids is 1. The summed E-state index contributed by atoms with van der Waals surface area (Å²) in [4.78, 5) is 24.3. The largest absolute Gasteiger partial charge is 0.493 e. The fourth-order valence-electron chi connectivity index (χ4n) is 5.78. The van der Waals surface area contributed by atoms with Crippen LogP contribution in [0, 0.1) is 5.92 Å². The smallest absolute Gasteiger partial charge is 0.225 e. The van der Waals surface area contributed by atoms with Crippen LogP contribution in [-0.2, 0) is 19.4 Å². The summed E-state index contributed by atoms with van der Waals surface area (Å²) in [7, 11) is -1.28. The molecular weight excluding hydrogens is 530 g/mol. The molecule has 3 aromatic rings. The van der Waals surface area contributed by atoms with E-state index < -0.39 is 9.84 Å². The summed E-state index contributed by atoms with van der Waals surface area (Å²) >= 11 is 0. The Morgan fingerprint density at radius 3 is 2.73 bits per heavy atom. The zero-order valence-electron chi connectivity index (χ0n) is 23.3. The van der Waals surface area contributed by atoms with Crippen LogP contribution in [-0.4, -0.2) is 84.7 Å². The number of nitrogens with zero attached hydrogens (tertiary/aromatic N) is 4. The number of rotatable bonds is 10. The summed E-state index contributed by atoms with van der Waals surface area (Å²) < 4.78 is 36.2. The van der Waals surface area contributed by atoms with Crippen molar-refractivity contribution in [2.24, 2.45) is 5.92 Å². The van der Waals surface area contributed by atoms with Crippen molar-refractivity contribution in [2.75, 3.05) is 44.1 Å². The number of likely N-dealkylation sites (tertiary alicyclic amines) is 1. The lowest BCUT2D eigenvalue weighted by molar-refractivity contribution is -0.140. The van der Waals surface area contributed by atoms with Crippen molar-refractivity contribution in [2.45, 2.75) is 57.1 Å². The van der Waals surface area contributed by atoms with E-state index in [0.29, 0.717) is 31.3 Å². The molecular formula is C29H39N5O5S. The van der Waals surface area contributed by atoms with E-state index in [1.807, 2.05) is 46.0 Å². The van der Waals surface area contributed by atoms with Crippen LogP contribution >= 0.6 is 0 Å². The fraction of sp³-hybridized carbons (Fsp3) is 0.552. The number of piperidine rings is 1. The second-order valence-electron chi connectivity index (χ2n) is 10.9. The zero-order chi connectivity index (χ0) is 28.1. The van der Waals surface area contributed by atoms with E-state index in [1.165, 1.54) is 6.26 Å². The number of amides is 1. The lowest BCUT2D eigenvalue weighted by Gasteiger charge is -2.36. The van der Waals surface area contributed by atoms with E-state index >= 15 is 0 Å². The molecule has 40 heavy (non-hydrogen) atoms. The third-order valence-electron chi connectivity index (χ3n) is 7.93. The zero-order valence-corrected chi connectivity index (χ0v) is 24.1. The molecule has 3 heterocycles. The number of nitrogens with one attached hydrogen (secondary N) is 1. The minimum Gasteiger partial charge on any atom is -0.493 e. The van der Waals surface area contributed by atoms with Crippen molar-refractivity contribution in [3.63, 3.8) is 0 Å². The summed E-state index contributed by atoms with van der Waals surface area (Å²) in [5.74, 6) is 2.48. The number of hydrogen-bond acceptors (Lipinski definition) is 8. The van der Waals surface area contributed by atoms with Gasteiger partial charge in [-0.1, -0.05) is 6.07 Å². The molecule has 1 N–H and O–H groups in total. The van der Waals surface area contributed by atoms with E-state index in [9.17, 15) is 13.2 Å². The van der Waals surface area contributed by atoms with Crippen LogP contribution in [0.4, 0.5) is 5.95 Å². The van der Waals surface area contributed by atoms with Gasteiger partial charge >= 0.3 is 0 Å². The number of hydrogen-bond donors (Lipinski definition) is 1. The maximum Gasteiger partial charge on any atom is 0.225 e. The van der Waals surface area contributed by atoms with Crippen LogP contribution in [0.15, 0.2) is 42.7 Å². The Bertz CT molecular complexity index is 1420. The number of aromatic nitrogens is 3. The lowest BCUT2D eigenvalue weighted by atomic mass is 9.85. The van der Waals surface area contributed by atoms with Crippen molar-refractivity contribution in [1.29, 1.82) is 0 Å². The Morgan fingerprint density at radius 2 is 1.95 bits per heavy atom. The van der Waals surface area contributed by atoms with Gasteiger partial charge in [-0.3, -0.25) is 4.79 Å². The molecule has 0 radical (unpaired) electrons. The van der Waals surface area contributed by atoms with E-state index in [2.05, 4.69) is 10.3 Å². The average Bonchev–Trinajstić information content (AvgIpc) is 3.40. The van der Waals surface area contributed by atoms with Gasteiger partial charge in [-0.2, -0.15) is 4.98 Å². The summed E-state index contributed by atoms with van der Waals surface area (Å²) in [5.41, 5.74) is 0.942. The molecule has 1 aliphatic heterocycles. The quantitative estimate of drug-likeness (QED) is 0.366. The SMILES string of the molecule is COC1CCCN(C(=O)C2CCC(Nc3nccc(-n4ccc5c(OCCCS(C)(=O)=O)cccc54)n3)CC2)C1. The number of benzene rings is 1. The fourth-order valence-corrected chi connectivity index (χ4v) is 6.42. The van der Waals surface area contributed by atoms with Crippen LogP contribution < -0.4 is 10.1 Å². The Labute approximate surface area is 236 Å². The van der Waals surface area contributed by atoms with Crippen molar-refractivity contribution in [3.8, 4) is 11.6 Å². The standard InChI is InChI=1S/C29H39N5O5S/c1-38-23-6-4-16-33(20-23)28(35)21-9-11-22(12-10-21)31-29-30-15-13-27(32-29)34-17-14-24-25(34)7-3-8-26(24)39-18-5-19-40(2,36)37/h3,7-8,13-15,17,21-23H,4-6,9-12,16,18-20H2,1-2H3,(H,30,31,32). The van der Waals surface area contributed by atoms with Gasteiger partial charge in [0.25, 0.3) is 0 Å². The molecule has 1 aromatic carbocycles. The number of anilines is 1. The molecule has 0 bridgehead atoms. The molecule has 1 unspecified atom stereocenters. The van der Waals surface area contributed by atoms with Gasteiger partial charge in [0.2, 0.25) is 11.9 Å². The summed E-state index contributed by atoms with van der Waals surface area (Å²) in [6.07, 6.45) is 11.1. The topological polar surface area (TPSA) is 116 Å². The van der Waals surface area contributed by atoms with Crippen LogP contribution in [0.3, 0.4) is 0 Å². The highest BCUT2D eigenvalue weighted by atomic mass is 32.2. The normalized spacial score (nSPS) is 21.9. The number of fused-ring (bicyclic) bond motifs is 1. The van der Waals surface area contributed by atoms with Crippen LogP contribution in [0.25, 0.3) is 16.7 Å². The van der Waals surface area contributed by atoms with E-state index in [-0.39, 0.29) is 29.7 Å². The van der Waals surface area contributed by atoms with E-state index in [0.717, 1.165) is 61.8 Å². The van der Waals surface area contributed by atoms with Gasteiger partial charge < -0.3 is 24.3 Å². The maximum atomic E-state index is 13.1. The lowest BCUT2D eigenvalue weighted by Crippen LogP contribution is -2.46. The summed E-state index contributed by atoms with van der Waals surface area (Å²) in [5, 5.41) is 4.42. The first kappa shape index (κ1) is 28.4. The molecule has 5 rings (SSSR count). The van der Waals surface area contributed by atoms with Gasteiger partial charge in [-0.05, 0) is 69.2 Å². The molecule has 0 spiro atoms. The second-order valence-corrected chi connectivity index (χ2v) is 13.2. The Balaban J connectivity index is 1.19. The second kappa shape index (κ2) is 12.6. The predicted molar refractivity (Wildman–Crippen MR) is 155 cm³/mol. The monoisotopic (exact) mass is 569 g/mol. The number of ether oxygens (including phenoxy) is 2. The van der Waals surface area contributed by atoms with E-state index in [4.69, 9.17) is 14.5 Å². The van der Waals surface area contributed by atoms with Gasteiger partial charge in [0.15, 0.2) is 0 Å². The summed E-state index contributed by atoms with van der Waals surface area (Å²) in [6.45, 7) is 1.87. The van der Waals surface area contributed by atoms with Gasteiger partial charge in [0.05, 0.1) is 24.0 Å². The third kappa shape index (κ3) is 6.93. The third-order valence-corrected chi connectivity index (χ3v) is 8.96. The Hall–Kier alpha value is -3.18. The number of sulfone groups is 1. The molecule has 1 amide bonds. The first-order valence-electron chi connectivity index (χ1n) is 14.1. The molecule has 1 atom stereocenters. The van der Waals surface area contributed by atoms with Crippen LogP contribution in [0.5, 0.6) is 5.75 Å². The van der Waals surface area contributed by atoms with E-state index in [1.54, 1.807) is 13.3 Å². The number of carbonyl (C=O) groups is 1. The molecule has 10 nitrogen and oxygen atoms in total. The Kier molecular flexibility index (Phi) is 8.90. The molecule has 11 heteroatoms. The predicted octanol–water partition coefficient (Wildman–Crippen LogP) is 3.84. The molecule has 1 aliphatic carbocycles. The molecule has 2 aromatic heterocycles. The minimum atomic E-state index is -3.01. The van der Waals surface area contributed by atoms with Crippen molar-refractivity contribution in [3.05, 3.63) is 42.7 Å². The molecule has 216 valence electrons.